The van der Waals surface area contributed by atoms with E-state index in [1.165, 1.54) is 11.1 Å². The highest BCUT2D eigenvalue weighted by molar-refractivity contribution is 5.79. The summed E-state index contributed by atoms with van der Waals surface area (Å²) in [7, 11) is 0. The zero-order valence-corrected chi connectivity index (χ0v) is 14.8. The Morgan fingerprint density at radius 1 is 1.12 bits per heavy atom. The van der Waals surface area contributed by atoms with Crippen molar-refractivity contribution in [2.75, 3.05) is 25.4 Å². The molecule has 5 N–H and O–H groups in total. The van der Waals surface area contributed by atoms with Gasteiger partial charge in [0.2, 0.25) is 5.91 Å². The third-order valence-electron chi connectivity index (χ3n) is 3.90. The Morgan fingerprint density at radius 2 is 1.84 bits per heavy atom. The predicted molar refractivity (Wildman–Crippen MR) is 102 cm³/mol. The average molecular weight is 341 g/mol. The number of nitrogens with one attached hydrogen (secondary N) is 1. The molecule has 0 radical (unpaired) electrons. The first-order valence-corrected chi connectivity index (χ1v) is 8.62. The van der Waals surface area contributed by atoms with E-state index in [1.807, 2.05) is 6.07 Å². The van der Waals surface area contributed by atoms with Crippen LogP contribution in [-0.2, 0) is 17.6 Å². The smallest absolute Gasteiger partial charge is 0.224 e. The number of carbonyl (C=O) groups excluding carboxylic acids is 1. The van der Waals surface area contributed by atoms with Crippen molar-refractivity contribution >= 4 is 11.6 Å². The normalized spacial score (nSPS) is 10.5. The highest BCUT2D eigenvalue weighted by Crippen LogP contribution is 2.22. The van der Waals surface area contributed by atoms with E-state index in [2.05, 4.69) is 36.5 Å². The van der Waals surface area contributed by atoms with Crippen molar-refractivity contribution in [2.45, 2.75) is 26.2 Å². The van der Waals surface area contributed by atoms with Gasteiger partial charge in [-0.05, 0) is 43.0 Å². The number of anilines is 1. The summed E-state index contributed by atoms with van der Waals surface area (Å²) in [6.07, 6.45) is 2.19. The van der Waals surface area contributed by atoms with E-state index in [4.69, 9.17) is 16.2 Å². The summed E-state index contributed by atoms with van der Waals surface area (Å²) in [4.78, 5) is 12.0. The minimum Gasteiger partial charge on any atom is -0.490 e. The topological polar surface area (TPSA) is 90.4 Å². The molecule has 5 nitrogen and oxygen atoms in total. The molecule has 0 saturated carbocycles. The van der Waals surface area contributed by atoms with Crippen molar-refractivity contribution in [1.29, 1.82) is 0 Å². The number of amides is 1. The molecule has 0 aliphatic heterocycles. The van der Waals surface area contributed by atoms with E-state index in [-0.39, 0.29) is 5.91 Å². The van der Waals surface area contributed by atoms with Crippen LogP contribution >= 0.6 is 0 Å². The molecule has 2 rings (SSSR count). The molecule has 2 aromatic carbocycles. The Balaban J connectivity index is 1.72. The molecular formula is C20H27N3O2. The van der Waals surface area contributed by atoms with Crippen LogP contribution in [0.1, 0.15) is 23.1 Å². The number of nitrogen functional groups attached to an aromatic ring is 1. The lowest BCUT2D eigenvalue weighted by atomic mass is 10.1. The second-order valence-electron chi connectivity index (χ2n) is 6.13. The summed E-state index contributed by atoms with van der Waals surface area (Å²) in [5.41, 5.74) is 15.3. The summed E-state index contributed by atoms with van der Waals surface area (Å²) in [5, 5.41) is 2.95. The molecule has 134 valence electrons. The molecule has 1 amide bonds. The highest BCUT2D eigenvalue weighted by Gasteiger charge is 2.06. The lowest BCUT2D eigenvalue weighted by Gasteiger charge is -2.10. The van der Waals surface area contributed by atoms with Gasteiger partial charge in [0.05, 0.1) is 12.1 Å². The van der Waals surface area contributed by atoms with Gasteiger partial charge in [-0.1, -0.05) is 35.9 Å². The van der Waals surface area contributed by atoms with Crippen LogP contribution in [0.5, 0.6) is 5.75 Å². The molecule has 25 heavy (non-hydrogen) atoms. The first-order chi connectivity index (χ1) is 12.1. The van der Waals surface area contributed by atoms with Gasteiger partial charge < -0.3 is 21.5 Å². The molecule has 0 aliphatic rings. The number of ether oxygens (including phenoxy) is 1. The van der Waals surface area contributed by atoms with Crippen molar-refractivity contribution in [3.8, 4) is 5.75 Å². The number of aryl methyl sites for hydroxylation is 2. The van der Waals surface area contributed by atoms with E-state index < -0.39 is 0 Å². The van der Waals surface area contributed by atoms with Gasteiger partial charge in [-0.3, -0.25) is 4.79 Å². The van der Waals surface area contributed by atoms with Gasteiger partial charge >= 0.3 is 0 Å². The maximum absolute atomic E-state index is 12.0. The number of hydrogen-bond donors (Lipinski definition) is 3. The maximum atomic E-state index is 12.0. The molecule has 0 spiro atoms. The van der Waals surface area contributed by atoms with Crippen molar-refractivity contribution < 1.29 is 9.53 Å². The number of rotatable bonds is 9. The second-order valence-corrected chi connectivity index (χ2v) is 6.13. The average Bonchev–Trinajstić information content (AvgIpc) is 2.59. The molecule has 0 saturated heterocycles. The zero-order chi connectivity index (χ0) is 18.1. The SMILES string of the molecule is Cc1ccc(CCCNC(=O)Cc2ccc(OCCN)c(N)c2)cc1. The lowest BCUT2D eigenvalue weighted by molar-refractivity contribution is -0.120. The van der Waals surface area contributed by atoms with E-state index >= 15 is 0 Å². The molecule has 0 heterocycles. The summed E-state index contributed by atoms with van der Waals surface area (Å²) < 4.78 is 5.42. The Kier molecular flexibility index (Phi) is 7.29. The first-order valence-electron chi connectivity index (χ1n) is 8.62. The first kappa shape index (κ1) is 18.8. The van der Waals surface area contributed by atoms with Crippen LogP contribution in [0.3, 0.4) is 0 Å². The fourth-order valence-electron chi connectivity index (χ4n) is 2.53. The van der Waals surface area contributed by atoms with Gasteiger partial charge in [0.25, 0.3) is 0 Å². The van der Waals surface area contributed by atoms with Gasteiger partial charge in [0.1, 0.15) is 12.4 Å². The van der Waals surface area contributed by atoms with Crippen LogP contribution in [0.4, 0.5) is 5.69 Å². The van der Waals surface area contributed by atoms with Crippen molar-refractivity contribution in [3.05, 3.63) is 59.2 Å². The van der Waals surface area contributed by atoms with Crippen molar-refractivity contribution in [2.24, 2.45) is 5.73 Å². The molecule has 0 aliphatic carbocycles. The van der Waals surface area contributed by atoms with E-state index in [0.717, 1.165) is 18.4 Å². The second kappa shape index (κ2) is 9.69. The molecule has 0 aromatic heterocycles. The van der Waals surface area contributed by atoms with Gasteiger partial charge in [0, 0.05) is 13.1 Å². The van der Waals surface area contributed by atoms with Crippen LogP contribution in [0.15, 0.2) is 42.5 Å². The summed E-state index contributed by atoms with van der Waals surface area (Å²) in [5.74, 6) is 0.603. The minimum absolute atomic E-state index is 0.000988. The van der Waals surface area contributed by atoms with Crippen LogP contribution in [0.25, 0.3) is 0 Å². The van der Waals surface area contributed by atoms with Crippen LogP contribution in [0.2, 0.25) is 0 Å². The lowest BCUT2D eigenvalue weighted by Crippen LogP contribution is -2.26. The van der Waals surface area contributed by atoms with Gasteiger partial charge in [-0.25, -0.2) is 0 Å². The largest absolute Gasteiger partial charge is 0.490 e. The Bertz CT molecular complexity index is 684. The van der Waals surface area contributed by atoms with Crippen molar-refractivity contribution in [3.63, 3.8) is 0 Å². The Morgan fingerprint density at radius 3 is 2.52 bits per heavy atom. The number of hydrogen-bond acceptors (Lipinski definition) is 4. The maximum Gasteiger partial charge on any atom is 0.224 e. The highest BCUT2D eigenvalue weighted by atomic mass is 16.5. The number of benzene rings is 2. The predicted octanol–water partition coefficient (Wildman–Crippen LogP) is 2.21. The molecule has 0 unspecified atom stereocenters. The van der Waals surface area contributed by atoms with Gasteiger partial charge in [-0.15, -0.1) is 0 Å². The standard InChI is InChI=1S/C20H27N3O2/c1-15-4-6-16(7-5-15)3-2-11-23-20(24)14-17-8-9-19(18(22)13-17)25-12-10-21/h4-9,13H,2-3,10-12,14,21-22H2,1H3,(H,23,24). The molecule has 5 heteroatoms. The fraction of sp³-hybridized carbons (Fsp3) is 0.350. The van der Waals surface area contributed by atoms with Crippen molar-refractivity contribution in [1.82, 2.24) is 5.32 Å². The third-order valence-corrected chi connectivity index (χ3v) is 3.90. The van der Waals surface area contributed by atoms with Gasteiger partial charge in [0.15, 0.2) is 0 Å². The number of carbonyl (C=O) groups is 1. The Labute approximate surface area is 149 Å². The van der Waals surface area contributed by atoms with Crippen LogP contribution in [-0.4, -0.2) is 25.6 Å². The van der Waals surface area contributed by atoms with Crippen LogP contribution < -0.4 is 21.5 Å². The van der Waals surface area contributed by atoms with E-state index in [1.54, 1.807) is 12.1 Å². The zero-order valence-electron chi connectivity index (χ0n) is 14.8. The number of nitrogens with two attached hydrogens (primary N) is 2. The monoisotopic (exact) mass is 341 g/mol. The molecule has 0 fully saturated rings. The van der Waals surface area contributed by atoms with Crippen LogP contribution in [0, 0.1) is 6.92 Å². The quantitative estimate of drug-likeness (QED) is 0.482. The fourth-order valence-corrected chi connectivity index (χ4v) is 2.53. The molecule has 0 atom stereocenters. The van der Waals surface area contributed by atoms with Gasteiger partial charge in [-0.2, -0.15) is 0 Å². The van der Waals surface area contributed by atoms with E-state index in [0.29, 0.717) is 37.6 Å². The molecule has 2 aromatic rings. The minimum atomic E-state index is -0.000988. The summed E-state index contributed by atoms with van der Waals surface area (Å²) in [6.45, 7) is 3.60. The molecular weight excluding hydrogens is 314 g/mol. The summed E-state index contributed by atoms with van der Waals surface area (Å²) >= 11 is 0. The summed E-state index contributed by atoms with van der Waals surface area (Å²) in [6, 6.07) is 13.9. The van der Waals surface area contributed by atoms with E-state index in [9.17, 15) is 4.79 Å². The Hall–Kier alpha value is -2.53. The molecule has 0 bridgehead atoms. The third kappa shape index (κ3) is 6.47.